The van der Waals surface area contributed by atoms with Crippen molar-refractivity contribution < 1.29 is 33.0 Å². The summed E-state index contributed by atoms with van der Waals surface area (Å²) in [7, 11) is 1.54. The number of carbonyl (C=O) groups excluding carboxylic acids is 2. The maximum Gasteiger partial charge on any atom is 0.375 e. The Morgan fingerprint density at radius 2 is 2.09 bits per heavy atom. The summed E-state index contributed by atoms with van der Waals surface area (Å²) >= 11 is 0.969. The minimum absolute atomic E-state index is 0.0419. The SMILES string of the molecule is COCc1cc(-n2ncc3c2C=C2CC[C@@H]4C([C@@H](O)C[C@@]5(C)C4CC[C@]5(OC(=O)c4ccco4)C(=O)SCN)[C@@]2(C)C3)ccc1F. The number of carbonyl (C=O) groups is 2. The van der Waals surface area contributed by atoms with Crippen LogP contribution in [0, 0.1) is 34.4 Å². The van der Waals surface area contributed by atoms with Crippen LogP contribution in [0.2, 0.25) is 0 Å². The number of benzene rings is 1. The largest absolute Gasteiger partial charge is 0.457 e. The van der Waals surface area contributed by atoms with Crippen molar-refractivity contribution in [3.8, 4) is 5.69 Å². The van der Waals surface area contributed by atoms with E-state index in [2.05, 4.69) is 13.0 Å². The fourth-order valence-electron chi connectivity index (χ4n) is 9.68. The normalized spacial score (nSPS) is 33.0. The molecule has 7 rings (SSSR count). The minimum Gasteiger partial charge on any atom is -0.457 e. The number of nitrogens with zero attached hydrogens (tertiary/aromatic N) is 2. The van der Waals surface area contributed by atoms with Gasteiger partial charge in [-0.2, -0.15) is 5.10 Å². The molecule has 244 valence electrons. The molecule has 3 fully saturated rings. The molecule has 0 spiro atoms. The lowest BCUT2D eigenvalue weighted by molar-refractivity contribution is -0.175. The van der Waals surface area contributed by atoms with Gasteiger partial charge in [0, 0.05) is 24.0 Å². The van der Waals surface area contributed by atoms with E-state index in [-0.39, 0.29) is 52.3 Å². The fraction of sp³-hybridized carbons (Fsp3) is 0.514. The Morgan fingerprint density at radius 1 is 1.26 bits per heavy atom. The molecule has 0 bridgehead atoms. The van der Waals surface area contributed by atoms with Crippen molar-refractivity contribution in [1.82, 2.24) is 9.78 Å². The highest BCUT2D eigenvalue weighted by molar-refractivity contribution is 8.13. The first kappa shape index (κ1) is 31.4. The number of hydrogen-bond donors (Lipinski definition) is 2. The molecule has 9 nitrogen and oxygen atoms in total. The van der Waals surface area contributed by atoms with E-state index < -0.39 is 23.1 Å². The second-order valence-electron chi connectivity index (χ2n) is 13.8. The third kappa shape index (κ3) is 4.57. The van der Waals surface area contributed by atoms with Gasteiger partial charge in [0.25, 0.3) is 0 Å². The van der Waals surface area contributed by atoms with Gasteiger partial charge >= 0.3 is 5.97 Å². The summed E-state index contributed by atoms with van der Waals surface area (Å²) in [4.78, 5) is 27.1. The third-order valence-electron chi connectivity index (χ3n) is 11.7. The number of methoxy groups -OCH3 is 1. The molecule has 3 saturated carbocycles. The number of nitrogens with two attached hydrogens (primary N) is 1. The number of hydrogen-bond acceptors (Lipinski definition) is 9. The number of rotatable bonds is 7. The van der Waals surface area contributed by atoms with Crippen LogP contribution in [0.3, 0.4) is 0 Å². The van der Waals surface area contributed by atoms with Crippen LogP contribution in [-0.4, -0.2) is 50.7 Å². The van der Waals surface area contributed by atoms with Crippen molar-refractivity contribution in [3.63, 3.8) is 0 Å². The van der Waals surface area contributed by atoms with Crippen LogP contribution in [0.1, 0.15) is 73.3 Å². The second-order valence-corrected chi connectivity index (χ2v) is 14.8. The Hall–Kier alpha value is -3.25. The highest BCUT2D eigenvalue weighted by Crippen LogP contribution is 2.69. The third-order valence-corrected chi connectivity index (χ3v) is 12.4. The van der Waals surface area contributed by atoms with Crippen molar-refractivity contribution in [2.75, 3.05) is 13.0 Å². The van der Waals surface area contributed by atoms with Crippen molar-refractivity contribution in [2.24, 2.45) is 34.3 Å². The Morgan fingerprint density at radius 3 is 2.83 bits per heavy atom. The predicted octanol–water partition coefficient (Wildman–Crippen LogP) is 5.68. The molecule has 2 unspecified atom stereocenters. The van der Waals surface area contributed by atoms with E-state index in [1.807, 2.05) is 17.8 Å². The molecule has 4 aliphatic rings. The molecule has 0 saturated heterocycles. The number of fused-ring (bicyclic) bond motifs is 6. The van der Waals surface area contributed by atoms with Gasteiger partial charge in [-0.3, -0.25) is 4.79 Å². The highest BCUT2D eigenvalue weighted by atomic mass is 32.2. The first-order chi connectivity index (χ1) is 22.1. The van der Waals surface area contributed by atoms with E-state index in [0.717, 1.165) is 41.5 Å². The lowest BCUT2D eigenvalue weighted by Gasteiger charge is -2.60. The smallest absolute Gasteiger partial charge is 0.375 e. The number of thioether (sulfide) groups is 1. The summed E-state index contributed by atoms with van der Waals surface area (Å²) in [6.45, 7) is 4.44. The summed E-state index contributed by atoms with van der Waals surface area (Å²) < 4.78 is 32.9. The van der Waals surface area contributed by atoms with Gasteiger partial charge in [-0.1, -0.05) is 31.2 Å². The first-order valence-corrected chi connectivity index (χ1v) is 16.9. The molecule has 46 heavy (non-hydrogen) atoms. The fourth-order valence-corrected chi connectivity index (χ4v) is 10.4. The van der Waals surface area contributed by atoms with Crippen LogP contribution >= 0.6 is 11.8 Å². The van der Waals surface area contributed by atoms with Gasteiger partial charge in [-0.15, -0.1) is 0 Å². The Kier molecular flexibility index (Phi) is 7.82. The summed E-state index contributed by atoms with van der Waals surface area (Å²) in [5.41, 5.74) is 7.86. The molecule has 4 aliphatic carbocycles. The lowest BCUT2D eigenvalue weighted by atomic mass is 9.45. The van der Waals surface area contributed by atoms with E-state index in [1.54, 1.807) is 25.3 Å². The molecule has 2 aromatic heterocycles. The van der Waals surface area contributed by atoms with E-state index in [1.165, 1.54) is 24.0 Å². The zero-order chi connectivity index (χ0) is 32.4. The summed E-state index contributed by atoms with van der Waals surface area (Å²) in [5, 5.41) is 16.6. The van der Waals surface area contributed by atoms with E-state index in [0.29, 0.717) is 31.2 Å². The van der Waals surface area contributed by atoms with Gasteiger partial charge in [0.2, 0.25) is 10.9 Å². The molecule has 0 aliphatic heterocycles. The monoisotopic (exact) mass is 649 g/mol. The number of allylic oxidation sites excluding steroid dienone is 1. The van der Waals surface area contributed by atoms with Gasteiger partial charge < -0.3 is 24.7 Å². The molecule has 3 N–H and O–H groups in total. The Balaban J connectivity index is 1.22. The average molecular weight is 650 g/mol. The molecule has 7 atom stereocenters. The molecule has 0 amide bonds. The van der Waals surface area contributed by atoms with Crippen LogP contribution in [0.25, 0.3) is 11.8 Å². The highest BCUT2D eigenvalue weighted by Gasteiger charge is 2.70. The number of aliphatic hydroxyl groups excluding tert-OH is 1. The molecular weight excluding hydrogens is 609 g/mol. The average Bonchev–Trinajstić information content (AvgIpc) is 3.76. The lowest BCUT2D eigenvalue weighted by Crippen LogP contribution is -2.62. The Labute approximate surface area is 271 Å². The minimum atomic E-state index is -1.42. The summed E-state index contributed by atoms with van der Waals surface area (Å²) in [6, 6.07) is 8.09. The van der Waals surface area contributed by atoms with Crippen LogP contribution in [0.4, 0.5) is 4.39 Å². The van der Waals surface area contributed by atoms with Crippen molar-refractivity contribution in [1.29, 1.82) is 0 Å². The van der Waals surface area contributed by atoms with E-state index in [9.17, 15) is 19.1 Å². The zero-order valence-corrected chi connectivity index (χ0v) is 27.1. The zero-order valence-electron chi connectivity index (χ0n) is 26.3. The maximum atomic E-state index is 14.4. The molecule has 0 radical (unpaired) electrons. The van der Waals surface area contributed by atoms with Crippen LogP contribution in [0.5, 0.6) is 0 Å². The van der Waals surface area contributed by atoms with Crippen LogP contribution in [-0.2, 0) is 27.3 Å². The standard InChI is InChI=1S/C35H40FN3O6S/c1-33-15-21-17-38-39(23-7-9-26(36)20(13-23)18-43-3)27(21)14-22(33)6-8-24-25-10-11-35(32(42)46-19-37,34(25,2)16-28(40)30(24)33)45-31(41)29-5-4-12-44-29/h4-5,7,9,12-14,17,24-25,28,30,40H,6,8,10-11,15-16,18-19,37H2,1-3H3/t24-,25?,28-,30?,33-,34-,35-/m0/s1. The number of furan rings is 1. The van der Waals surface area contributed by atoms with Crippen molar-refractivity contribution >= 4 is 28.9 Å². The number of aromatic nitrogens is 2. The van der Waals surface area contributed by atoms with E-state index >= 15 is 0 Å². The summed E-state index contributed by atoms with van der Waals surface area (Å²) in [6.07, 6.45) is 8.59. The molecular formula is C35H40FN3O6S. The number of ether oxygens (including phenoxy) is 2. The van der Waals surface area contributed by atoms with Gasteiger partial charge in [-0.25, -0.2) is 13.9 Å². The van der Waals surface area contributed by atoms with Gasteiger partial charge in [0.15, 0.2) is 5.60 Å². The summed E-state index contributed by atoms with van der Waals surface area (Å²) in [5.74, 6) is -0.737. The molecule has 3 aromatic rings. The van der Waals surface area contributed by atoms with Gasteiger partial charge in [0.1, 0.15) is 5.82 Å². The van der Waals surface area contributed by atoms with E-state index in [4.69, 9.17) is 24.7 Å². The van der Waals surface area contributed by atoms with Gasteiger partial charge in [0.05, 0.1) is 36.6 Å². The van der Waals surface area contributed by atoms with Crippen molar-refractivity contribution in [2.45, 2.75) is 70.7 Å². The van der Waals surface area contributed by atoms with Gasteiger partial charge in [-0.05, 0) is 104 Å². The molecule has 1 aromatic carbocycles. The molecule has 2 heterocycles. The number of esters is 1. The second kappa shape index (κ2) is 11.5. The topological polar surface area (TPSA) is 130 Å². The number of aliphatic hydroxyl groups is 1. The van der Waals surface area contributed by atoms with Crippen LogP contribution in [0.15, 0.2) is 52.8 Å². The van der Waals surface area contributed by atoms with Crippen LogP contribution < -0.4 is 5.73 Å². The maximum absolute atomic E-state index is 14.4. The predicted molar refractivity (Wildman–Crippen MR) is 170 cm³/mol. The quantitative estimate of drug-likeness (QED) is 0.245. The van der Waals surface area contributed by atoms with Crippen molar-refractivity contribution in [3.05, 3.63) is 76.8 Å². The molecule has 11 heteroatoms. The Bertz CT molecular complexity index is 1710. The number of halogens is 1. The first-order valence-electron chi connectivity index (χ1n) is 15.9.